The predicted molar refractivity (Wildman–Crippen MR) is 81.9 cm³/mol. The van der Waals surface area contributed by atoms with Gasteiger partial charge in [-0.3, -0.25) is 4.98 Å². The summed E-state index contributed by atoms with van der Waals surface area (Å²) >= 11 is 1.47. The summed E-state index contributed by atoms with van der Waals surface area (Å²) < 4.78 is 4.09. The molecular weight excluding hydrogens is 268 g/mol. The molecular formula is C15H16N4S. The Balaban J connectivity index is 2.07. The van der Waals surface area contributed by atoms with Crippen LogP contribution in [0.2, 0.25) is 0 Å². The summed E-state index contributed by atoms with van der Waals surface area (Å²) in [6.45, 7) is 2.11. The van der Waals surface area contributed by atoms with Crippen LogP contribution in [0.5, 0.6) is 0 Å². The zero-order valence-corrected chi connectivity index (χ0v) is 12.3. The molecule has 20 heavy (non-hydrogen) atoms. The molecule has 1 unspecified atom stereocenters. The molecule has 102 valence electrons. The lowest BCUT2D eigenvalue weighted by Crippen LogP contribution is -2.17. The standard InChI is InChI=1S/C15H16N4S/c1-3-12-15(20-19-18-12)14(16-2)11-6-7-13-10(9-11)5-4-8-17-13/h4-9,14,16H,3H2,1-2H3. The summed E-state index contributed by atoms with van der Waals surface area (Å²) in [6, 6.07) is 10.6. The first-order valence-corrected chi connectivity index (χ1v) is 7.44. The van der Waals surface area contributed by atoms with Gasteiger partial charge in [0.1, 0.15) is 0 Å². The third kappa shape index (κ3) is 2.30. The average molecular weight is 284 g/mol. The molecule has 0 radical (unpaired) electrons. The van der Waals surface area contributed by atoms with Crippen molar-refractivity contribution in [2.45, 2.75) is 19.4 Å². The molecule has 0 aliphatic carbocycles. The van der Waals surface area contributed by atoms with Crippen molar-refractivity contribution < 1.29 is 0 Å². The Morgan fingerprint density at radius 1 is 1.30 bits per heavy atom. The fraction of sp³-hybridized carbons (Fsp3) is 0.267. The third-order valence-electron chi connectivity index (χ3n) is 3.43. The largest absolute Gasteiger partial charge is 0.309 e. The fourth-order valence-corrected chi connectivity index (χ4v) is 3.28. The van der Waals surface area contributed by atoms with Crippen LogP contribution in [0.15, 0.2) is 36.5 Å². The maximum Gasteiger partial charge on any atom is 0.0804 e. The molecule has 0 bridgehead atoms. The van der Waals surface area contributed by atoms with E-state index in [1.54, 1.807) is 0 Å². The number of nitrogens with one attached hydrogen (secondary N) is 1. The van der Waals surface area contributed by atoms with Gasteiger partial charge in [-0.05, 0) is 48.8 Å². The summed E-state index contributed by atoms with van der Waals surface area (Å²) in [5, 5.41) is 8.73. The highest BCUT2D eigenvalue weighted by Gasteiger charge is 2.19. The summed E-state index contributed by atoms with van der Waals surface area (Å²) in [5.74, 6) is 0. The van der Waals surface area contributed by atoms with Crippen LogP contribution in [0.4, 0.5) is 0 Å². The molecule has 0 spiro atoms. The second-order valence-electron chi connectivity index (χ2n) is 4.61. The number of aromatic nitrogens is 3. The van der Waals surface area contributed by atoms with E-state index < -0.39 is 0 Å². The SMILES string of the molecule is CCc1nnsc1C(NC)c1ccc2ncccc2c1. The maximum atomic E-state index is 4.36. The van der Waals surface area contributed by atoms with Gasteiger partial charge in [-0.2, -0.15) is 0 Å². The van der Waals surface area contributed by atoms with Crippen molar-refractivity contribution in [2.75, 3.05) is 7.05 Å². The minimum Gasteiger partial charge on any atom is -0.309 e. The van der Waals surface area contributed by atoms with E-state index in [2.05, 4.69) is 51.1 Å². The second kappa shape index (κ2) is 5.64. The van der Waals surface area contributed by atoms with Gasteiger partial charge >= 0.3 is 0 Å². The minimum atomic E-state index is 0.134. The molecule has 3 aromatic rings. The Bertz CT molecular complexity index is 722. The van der Waals surface area contributed by atoms with E-state index >= 15 is 0 Å². The van der Waals surface area contributed by atoms with Crippen molar-refractivity contribution in [1.82, 2.24) is 19.9 Å². The smallest absolute Gasteiger partial charge is 0.0804 e. The lowest BCUT2D eigenvalue weighted by Gasteiger charge is -2.16. The minimum absolute atomic E-state index is 0.134. The van der Waals surface area contributed by atoms with E-state index in [9.17, 15) is 0 Å². The molecule has 0 saturated carbocycles. The number of hydrogen-bond donors (Lipinski definition) is 1. The molecule has 1 aromatic carbocycles. The first-order chi connectivity index (χ1) is 9.83. The molecule has 1 N–H and O–H groups in total. The number of rotatable bonds is 4. The van der Waals surface area contributed by atoms with Gasteiger partial charge in [0, 0.05) is 11.6 Å². The van der Waals surface area contributed by atoms with Gasteiger partial charge in [-0.15, -0.1) is 5.10 Å². The Labute approximate surface area is 122 Å². The van der Waals surface area contributed by atoms with E-state index in [0.29, 0.717) is 0 Å². The van der Waals surface area contributed by atoms with Gasteiger partial charge in [0.25, 0.3) is 0 Å². The lowest BCUT2D eigenvalue weighted by atomic mass is 10.0. The normalized spacial score (nSPS) is 12.7. The number of nitrogens with zero attached hydrogens (tertiary/aromatic N) is 3. The second-order valence-corrected chi connectivity index (χ2v) is 5.40. The number of benzene rings is 1. The monoisotopic (exact) mass is 284 g/mol. The van der Waals surface area contributed by atoms with Gasteiger partial charge in [0.2, 0.25) is 0 Å². The molecule has 3 rings (SSSR count). The Morgan fingerprint density at radius 3 is 3.00 bits per heavy atom. The number of aryl methyl sites for hydroxylation is 1. The van der Waals surface area contributed by atoms with E-state index in [1.165, 1.54) is 22.0 Å². The Morgan fingerprint density at radius 2 is 2.20 bits per heavy atom. The number of fused-ring (bicyclic) bond motifs is 1. The number of hydrogen-bond acceptors (Lipinski definition) is 5. The summed E-state index contributed by atoms with van der Waals surface area (Å²) in [4.78, 5) is 5.55. The van der Waals surface area contributed by atoms with Crippen LogP contribution in [0, 0.1) is 0 Å². The molecule has 1 atom stereocenters. The van der Waals surface area contributed by atoms with E-state index in [-0.39, 0.29) is 6.04 Å². The van der Waals surface area contributed by atoms with Gasteiger partial charge < -0.3 is 5.32 Å². The van der Waals surface area contributed by atoms with Crippen molar-refractivity contribution in [3.63, 3.8) is 0 Å². The van der Waals surface area contributed by atoms with Gasteiger partial charge in [-0.25, -0.2) is 0 Å². The maximum absolute atomic E-state index is 4.36. The summed E-state index contributed by atoms with van der Waals surface area (Å²) in [7, 11) is 1.97. The zero-order chi connectivity index (χ0) is 13.9. The molecule has 0 fully saturated rings. The van der Waals surface area contributed by atoms with Crippen molar-refractivity contribution in [3.8, 4) is 0 Å². The molecule has 5 heteroatoms. The van der Waals surface area contributed by atoms with Gasteiger partial charge in [0.05, 0.1) is 22.1 Å². The van der Waals surface area contributed by atoms with Crippen molar-refractivity contribution in [1.29, 1.82) is 0 Å². The molecule has 0 aliphatic rings. The highest BCUT2D eigenvalue weighted by atomic mass is 32.1. The highest BCUT2D eigenvalue weighted by molar-refractivity contribution is 7.05. The molecule has 0 aliphatic heterocycles. The van der Waals surface area contributed by atoms with Crippen LogP contribution in [-0.2, 0) is 6.42 Å². The van der Waals surface area contributed by atoms with Crippen LogP contribution in [0.1, 0.15) is 29.1 Å². The fourth-order valence-electron chi connectivity index (χ4n) is 2.40. The molecule has 0 saturated heterocycles. The molecule has 0 amide bonds. The van der Waals surface area contributed by atoms with Crippen LogP contribution in [0.25, 0.3) is 10.9 Å². The van der Waals surface area contributed by atoms with Crippen LogP contribution >= 0.6 is 11.5 Å². The summed E-state index contributed by atoms with van der Waals surface area (Å²) in [5.41, 5.74) is 3.30. The van der Waals surface area contributed by atoms with Crippen molar-refractivity contribution in [2.24, 2.45) is 0 Å². The van der Waals surface area contributed by atoms with E-state index in [0.717, 1.165) is 23.0 Å². The van der Waals surface area contributed by atoms with Crippen molar-refractivity contribution >= 4 is 22.4 Å². The predicted octanol–water partition coefficient (Wildman–Crippen LogP) is 2.96. The van der Waals surface area contributed by atoms with E-state index in [1.807, 2.05) is 19.3 Å². The Hall–Kier alpha value is -1.85. The van der Waals surface area contributed by atoms with Crippen LogP contribution in [-0.4, -0.2) is 21.6 Å². The van der Waals surface area contributed by atoms with Crippen LogP contribution in [0.3, 0.4) is 0 Å². The van der Waals surface area contributed by atoms with Crippen molar-refractivity contribution in [3.05, 3.63) is 52.7 Å². The topological polar surface area (TPSA) is 50.7 Å². The first kappa shape index (κ1) is 13.1. The first-order valence-electron chi connectivity index (χ1n) is 6.66. The third-order valence-corrected chi connectivity index (χ3v) is 4.26. The van der Waals surface area contributed by atoms with Gasteiger partial charge in [-0.1, -0.05) is 23.5 Å². The zero-order valence-electron chi connectivity index (χ0n) is 11.5. The van der Waals surface area contributed by atoms with E-state index in [4.69, 9.17) is 0 Å². The van der Waals surface area contributed by atoms with Gasteiger partial charge in [0.15, 0.2) is 0 Å². The molecule has 2 aromatic heterocycles. The summed E-state index contributed by atoms with van der Waals surface area (Å²) in [6.07, 6.45) is 2.72. The lowest BCUT2D eigenvalue weighted by molar-refractivity contribution is 0.694. The highest BCUT2D eigenvalue weighted by Crippen LogP contribution is 2.28. The number of pyridine rings is 1. The quantitative estimate of drug-likeness (QED) is 0.800. The Kier molecular flexibility index (Phi) is 3.71. The van der Waals surface area contributed by atoms with Crippen LogP contribution < -0.4 is 5.32 Å². The molecule has 2 heterocycles. The molecule has 4 nitrogen and oxygen atoms in total. The average Bonchev–Trinajstić information content (AvgIpc) is 2.96.